The number of nitrogens with one attached hydrogen (secondary N) is 2. The molecule has 0 heterocycles. The Balaban J connectivity index is 3.03. The molecule has 0 aromatic heterocycles. The Labute approximate surface area is 133 Å². The Morgan fingerprint density at radius 3 is 2.45 bits per heavy atom. The monoisotopic (exact) mass is 326 g/mol. The van der Waals surface area contributed by atoms with Gasteiger partial charge in [0.1, 0.15) is 0 Å². The van der Waals surface area contributed by atoms with Crippen molar-refractivity contribution in [2.24, 2.45) is 4.99 Å². The highest BCUT2D eigenvalue weighted by atomic mass is 32.2. The van der Waals surface area contributed by atoms with Gasteiger partial charge in [-0.3, -0.25) is 0 Å². The molecule has 0 bridgehead atoms. The van der Waals surface area contributed by atoms with Crippen LogP contribution in [0.15, 0.2) is 34.2 Å². The lowest BCUT2D eigenvalue weighted by Gasteiger charge is -2.15. The molecule has 1 rings (SSSR count). The van der Waals surface area contributed by atoms with Crippen LogP contribution >= 0.6 is 0 Å². The maximum Gasteiger partial charge on any atom is 0.242 e. The van der Waals surface area contributed by atoms with E-state index in [1.165, 1.54) is 18.4 Å². The highest BCUT2D eigenvalue weighted by molar-refractivity contribution is 7.89. The van der Waals surface area contributed by atoms with E-state index in [0.717, 1.165) is 19.5 Å². The normalized spacial score (nSPS) is 12.5. The minimum absolute atomic E-state index is 0.301. The molecular formula is C15H26N4O2S. The third-order valence-electron chi connectivity index (χ3n) is 3.03. The van der Waals surface area contributed by atoms with Gasteiger partial charge in [0.25, 0.3) is 0 Å². The molecule has 0 aliphatic heterocycles. The summed E-state index contributed by atoms with van der Waals surface area (Å²) in [4.78, 5) is 4.77. The SMILES string of the molecule is CCCNC(=NCc1ccccc1S(=O)(=O)N(C)C)NCC. The Morgan fingerprint density at radius 2 is 1.86 bits per heavy atom. The van der Waals surface area contributed by atoms with Crippen LogP contribution in [0.25, 0.3) is 0 Å². The number of hydrogen-bond acceptors (Lipinski definition) is 3. The number of hydrogen-bond donors (Lipinski definition) is 2. The zero-order chi connectivity index (χ0) is 16.6. The van der Waals surface area contributed by atoms with Gasteiger partial charge >= 0.3 is 0 Å². The van der Waals surface area contributed by atoms with Gasteiger partial charge in [0.15, 0.2) is 5.96 Å². The van der Waals surface area contributed by atoms with Crippen molar-refractivity contribution in [2.45, 2.75) is 31.7 Å². The second kappa shape index (κ2) is 8.75. The third kappa shape index (κ3) is 4.99. The molecule has 0 aliphatic rings. The zero-order valence-corrected chi connectivity index (χ0v) is 14.6. The van der Waals surface area contributed by atoms with Gasteiger partial charge in [-0.05, 0) is 25.0 Å². The minimum atomic E-state index is -3.46. The summed E-state index contributed by atoms with van der Waals surface area (Å²) in [5.41, 5.74) is 0.685. The van der Waals surface area contributed by atoms with Crippen molar-refractivity contribution < 1.29 is 8.42 Å². The predicted octanol–water partition coefficient (Wildman–Crippen LogP) is 1.40. The van der Waals surface area contributed by atoms with Crippen LogP contribution in [0.2, 0.25) is 0 Å². The average Bonchev–Trinajstić information content (AvgIpc) is 2.50. The quantitative estimate of drug-likeness (QED) is 0.587. The first kappa shape index (κ1) is 18.4. The van der Waals surface area contributed by atoms with E-state index in [4.69, 9.17) is 0 Å². The molecule has 0 amide bonds. The fraction of sp³-hybridized carbons (Fsp3) is 0.533. The van der Waals surface area contributed by atoms with Gasteiger partial charge in [-0.25, -0.2) is 17.7 Å². The van der Waals surface area contributed by atoms with Crippen molar-refractivity contribution in [1.82, 2.24) is 14.9 Å². The lowest BCUT2D eigenvalue weighted by atomic mass is 10.2. The third-order valence-corrected chi connectivity index (χ3v) is 4.94. The molecule has 1 aromatic carbocycles. The van der Waals surface area contributed by atoms with E-state index in [0.29, 0.717) is 23.0 Å². The first-order valence-electron chi connectivity index (χ1n) is 7.46. The standard InChI is InChI=1S/C15H26N4O2S/c1-5-11-17-15(16-6-2)18-12-13-9-7-8-10-14(13)22(20,21)19(3)4/h7-10H,5-6,11-12H2,1-4H3,(H2,16,17,18). The maximum absolute atomic E-state index is 12.3. The first-order chi connectivity index (χ1) is 10.4. The topological polar surface area (TPSA) is 73.8 Å². The number of sulfonamides is 1. The molecule has 22 heavy (non-hydrogen) atoms. The molecule has 0 radical (unpaired) electrons. The highest BCUT2D eigenvalue weighted by Gasteiger charge is 2.20. The number of benzene rings is 1. The summed E-state index contributed by atoms with van der Waals surface area (Å²) < 4.78 is 25.9. The molecule has 124 valence electrons. The Hall–Kier alpha value is -1.60. The molecule has 7 heteroatoms. The van der Waals surface area contributed by atoms with Crippen LogP contribution in [-0.4, -0.2) is 45.9 Å². The van der Waals surface area contributed by atoms with Gasteiger partial charge < -0.3 is 10.6 Å². The number of rotatable bonds is 7. The Kier molecular flexibility index (Phi) is 7.34. The van der Waals surface area contributed by atoms with Crippen molar-refractivity contribution in [3.8, 4) is 0 Å². The summed E-state index contributed by atoms with van der Waals surface area (Å²) in [6.07, 6.45) is 0.996. The van der Waals surface area contributed by atoms with Gasteiger partial charge in [0.05, 0.1) is 11.4 Å². The van der Waals surface area contributed by atoms with Crippen molar-refractivity contribution in [3.63, 3.8) is 0 Å². The van der Waals surface area contributed by atoms with E-state index in [1.54, 1.807) is 18.2 Å². The van der Waals surface area contributed by atoms with Crippen molar-refractivity contribution >= 4 is 16.0 Å². The summed E-state index contributed by atoms with van der Waals surface area (Å²) in [6.45, 7) is 5.96. The van der Waals surface area contributed by atoms with Gasteiger partial charge in [0, 0.05) is 27.2 Å². The van der Waals surface area contributed by atoms with E-state index >= 15 is 0 Å². The summed E-state index contributed by atoms with van der Waals surface area (Å²) in [7, 11) is -0.401. The number of nitrogens with zero attached hydrogens (tertiary/aromatic N) is 2. The van der Waals surface area contributed by atoms with Gasteiger partial charge in [-0.2, -0.15) is 0 Å². The second-order valence-electron chi connectivity index (χ2n) is 5.02. The molecule has 0 fully saturated rings. The van der Waals surface area contributed by atoms with Crippen molar-refractivity contribution in [3.05, 3.63) is 29.8 Å². The van der Waals surface area contributed by atoms with E-state index in [2.05, 4.69) is 22.5 Å². The van der Waals surface area contributed by atoms with Gasteiger partial charge in [-0.15, -0.1) is 0 Å². The molecule has 0 saturated carbocycles. The van der Waals surface area contributed by atoms with Crippen LogP contribution < -0.4 is 10.6 Å². The maximum atomic E-state index is 12.3. The van der Waals surface area contributed by atoms with Crippen LogP contribution in [0.4, 0.5) is 0 Å². The lowest BCUT2D eigenvalue weighted by Crippen LogP contribution is -2.37. The van der Waals surface area contributed by atoms with Crippen molar-refractivity contribution in [2.75, 3.05) is 27.2 Å². The summed E-state index contributed by atoms with van der Waals surface area (Å²) in [6, 6.07) is 6.96. The Morgan fingerprint density at radius 1 is 1.18 bits per heavy atom. The average molecular weight is 326 g/mol. The van der Waals surface area contributed by atoms with Crippen LogP contribution in [0.5, 0.6) is 0 Å². The molecule has 0 aliphatic carbocycles. The van der Waals surface area contributed by atoms with E-state index < -0.39 is 10.0 Å². The fourth-order valence-corrected chi connectivity index (χ4v) is 2.94. The molecule has 0 saturated heterocycles. The molecule has 1 aromatic rings. The van der Waals surface area contributed by atoms with Crippen molar-refractivity contribution in [1.29, 1.82) is 0 Å². The summed E-state index contributed by atoms with van der Waals surface area (Å²) >= 11 is 0. The smallest absolute Gasteiger partial charge is 0.242 e. The predicted molar refractivity (Wildman–Crippen MR) is 90.4 cm³/mol. The first-order valence-corrected chi connectivity index (χ1v) is 8.90. The van der Waals surface area contributed by atoms with Gasteiger partial charge in [-0.1, -0.05) is 25.1 Å². The number of guanidine groups is 1. The van der Waals surface area contributed by atoms with Crippen LogP contribution in [0.3, 0.4) is 0 Å². The zero-order valence-electron chi connectivity index (χ0n) is 13.8. The molecule has 6 nitrogen and oxygen atoms in total. The minimum Gasteiger partial charge on any atom is -0.357 e. The molecule has 0 atom stereocenters. The highest BCUT2D eigenvalue weighted by Crippen LogP contribution is 2.19. The Bertz CT molecular complexity index is 597. The second-order valence-corrected chi connectivity index (χ2v) is 7.14. The number of aliphatic imine (C=N–C) groups is 1. The molecular weight excluding hydrogens is 300 g/mol. The lowest BCUT2D eigenvalue weighted by molar-refractivity contribution is 0.519. The fourth-order valence-electron chi connectivity index (χ4n) is 1.83. The van der Waals surface area contributed by atoms with E-state index in [1.807, 2.05) is 13.0 Å². The molecule has 0 unspecified atom stereocenters. The largest absolute Gasteiger partial charge is 0.357 e. The van der Waals surface area contributed by atoms with Crippen LogP contribution in [0, 0.1) is 0 Å². The molecule has 0 spiro atoms. The van der Waals surface area contributed by atoms with Crippen LogP contribution in [-0.2, 0) is 16.6 Å². The van der Waals surface area contributed by atoms with E-state index in [9.17, 15) is 8.42 Å². The summed E-state index contributed by atoms with van der Waals surface area (Å²) in [5, 5.41) is 6.35. The van der Waals surface area contributed by atoms with Gasteiger partial charge in [0.2, 0.25) is 10.0 Å². The summed E-state index contributed by atoms with van der Waals surface area (Å²) in [5.74, 6) is 0.696. The van der Waals surface area contributed by atoms with Crippen LogP contribution in [0.1, 0.15) is 25.8 Å². The molecule has 2 N–H and O–H groups in total. The van der Waals surface area contributed by atoms with E-state index in [-0.39, 0.29) is 0 Å².